The quantitative estimate of drug-likeness (QED) is 0.793. The zero-order valence-corrected chi connectivity index (χ0v) is 13.6. The largest absolute Gasteiger partial charge is 0.345 e. The van der Waals surface area contributed by atoms with E-state index >= 15 is 0 Å². The highest BCUT2D eigenvalue weighted by atomic mass is 79.9. The summed E-state index contributed by atoms with van der Waals surface area (Å²) in [7, 11) is 0. The van der Waals surface area contributed by atoms with E-state index in [4.69, 9.17) is 0 Å². The molecule has 1 aromatic heterocycles. The van der Waals surface area contributed by atoms with Gasteiger partial charge in [0.2, 0.25) is 0 Å². The van der Waals surface area contributed by atoms with Crippen molar-refractivity contribution < 1.29 is 4.79 Å². The summed E-state index contributed by atoms with van der Waals surface area (Å²) in [5.74, 6) is 0.0318. The first-order valence-corrected chi connectivity index (χ1v) is 8.45. The van der Waals surface area contributed by atoms with Crippen LogP contribution in [-0.4, -0.2) is 16.8 Å². The summed E-state index contributed by atoms with van der Waals surface area (Å²) in [5, 5.41) is 5.10. The summed E-state index contributed by atoms with van der Waals surface area (Å²) in [6.07, 6.45) is 1.84. The van der Waals surface area contributed by atoms with Gasteiger partial charge >= 0.3 is 0 Å². The van der Waals surface area contributed by atoms with Gasteiger partial charge in [0.15, 0.2) is 0 Å². The van der Waals surface area contributed by atoms with Crippen molar-refractivity contribution in [3.05, 3.63) is 35.2 Å². The molecule has 0 radical (unpaired) electrons. The molecule has 2 aromatic rings. The van der Waals surface area contributed by atoms with Crippen molar-refractivity contribution in [3.63, 3.8) is 0 Å². The fourth-order valence-electron chi connectivity index (χ4n) is 2.05. The molecule has 0 saturated heterocycles. The number of halogens is 1. The molecular weight excluding hydrogens is 322 g/mol. The van der Waals surface area contributed by atoms with Gasteiger partial charge in [-0.05, 0) is 30.4 Å². The van der Waals surface area contributed by atoms with E-state index in [1.54, 1.807) is 11.3 Å². The predicted octanol–water partition coefficient (Wildman–Crippen LogP) is 4.58. The topological polar surface area (TPSA) is 29.1 Å². The van der Waals surface area contributed by atoms with Crippen LogP contribution < -0.4 is 5.32 Å². The van der Waals surface area contributed by atoms with Crippen molar-refractivity contribution >= 4 is 43.3 Å². The Morgan fingerprint density at radius 3 is 2.58 bits per heavy atom. The van der Waals surface area contributed by atoms with Crippen molar-refractivity contribution in [2.75, 3.05) is 5.33 Å². The normalized spacial score (nSPS) is 11.7. The third-order valence-electron chi connectivity index (χ3n) is 3.64. The maximum absolute atomic E-state index is 12.4. The van der Waals surface area contributed by atoms with Gasteiger partial charge < -0.3 is 5.32 Å². The van der Waals surface area contributed by atoms with Crippen LogP contribution in [0.25, 0.3) is 10.1 Å². The fraction of sp³-hybridized carbons (Fsp3) is 0.400. The summed E-state index contributed by atoms with van der Waals surface area (Å²) in [5.41, 5.74) is -0.146. The zero-order chi connectivity index (χ0) is 13.9. The average molecular weight is 340 g/mol. The highest BCUT2D eigenvalue weighted by Crippen LogP contribution is 2.26. The Morgan fingerprint density at radius 1 is 1.32 bits per heavy atom. The van der Waals surface area contributed by atoms with Gasteiger partial charge in [-0.2, -0.15) is 0 Å². The van der Waals surface area contributed by atoms with Crippen molar-refractivity contribution in [3.8, 4) is 0 Å². The van der Waals surface area contributed by atoms with E-state index in [1.807, 2.05) is 30.3 Å². The van der Waals surface area contributed by atoms with Gasteiger partial charge in [0.05, 0.1) is 4.88 Å². The van der Waals surface area contributed by atoms with E-state index in [-0.39, 0.29) is 11.4 Å². The first kappa shape index (κ1) is 14.5. The number of rotatable bonds is 5. The van der Waals surface area contributed by atoms with Crippen molar-refractivity contribution in [2.24, 2.45) is 0 Å². The van der Waals surface area contributed by atoms with Crippen LogP contribution in [0.5, 0.6) is 0 Å². The molecule has 0 aliphatic carbocycles. The van der Waals surface area contributed by atoms with Crippen LogP contribution in [0, 0.1) is 0 Å². The SMILES string of the molecule is CCC(CC)(CBr)NC(=O)c1cc2ccccc2s1. The second kappa shape index (κ2) is 6.06. The molecule has 19 heavy (non-hydrogen) atoms. The molecule has 0 saturated carbocycles. The summed E-state index contributed by atoms with van der Waals surface area (Å²) >= 11 is 5.07. The zero-order valence-electron chi connectivity index (χ0n) is 11.2. The Hall–Kier alpha value is -0.870. The van der Waals surface area contributed by atoms with Crippen molar-refractivity contribution in [2.45, 2.75) is 32.2 Å². The molecule has 0 atom stereocenters. The lowest BCUT2D eigenvalue weighted by molar-refractivity contribution is 0.0908. The van der Waals surface area contributed by atoms with E-state index in [2.05, 4.69) is 35.1 Å². The number of carbonyl (C=O) groups is 1. The number of benzene rings is 1. The molecule has 0 spiro atoms. The standard InChI is InChI=1S/C15H18BrNOS/c1-3-15(4-2,10-16)17-14(18)13-9-11-7-5-6-8-12(11)19-13/h5-9H,3-4,10H2,1-2H3,(H,17,18). The molecule has 4 heteroatoms. The summed E-state index contributed by atoms with van der Waals surface area (Å²) in [6.45, 7) is 4.21. The molecule has 0 fully saturated rings. The van der Waals surface area contributed by atoms with Crippen molar-refractivity contribution in [1.29, 1.82) is 0 Å². The van der Waals surface area contributed by atoms with E-state index in [1.165, 1.54) is 0 Å². The first-order chi connectivity index (χ1) is 9.14. The van der Waals surface area contributed by atoms with Gasteiger partial charge in [0.25, 0.3) is 5.91 Å². The lowest BCUT2D eigenvalue weighted by atomic mass is 9.95. The number of hydrogen-bond acceptors (Lipinski definition) is 2. The van der Waals surface area contributed by atoms with Gasteiger partial charge in [-0.1, -0.05) is 48.0 Å². The first-order valence-electron chi connectivity index (χ1n) is 6.51. The van der Waals surface area contributed by atoms with Crippen LogP contribution in [0.3, 0.4) is 0 Å². The summed E-state index contributed by atoms with van der Waals surface area (Å²) < 4.78 is 1.16. The molecule has 0 unspecified atom stereocenters. The lowest BCUT2D eigenvalue weighted by Crippen LogP contribution is -2.48. The number of alkyl halides is 1. The Morgan fingerprint density at radius 2 is 2.00 bits per heavy atom. The molecule has 2 rings (SSSR count). The van der Waals surface area contributed by atoms with E-state index < -0.39 is 0 Å². The highest BCUT2D eigenvalue weighted by molar-refractivity contribution is 9.09. The van der Waals surface area contributed by atoms with Crippen LogP contribution in [0.1, 0.15) is 36.4 Å². The highest BCUT2D eigenvalue weighted by Gasteiger charge is 2.27. The van der Waals surface area contributed by atoms with Crippen LogP contribution in [0.15, 0.2) is 30.3 Å². The van der Waals surface area contributed by atoms with Gasteiger partial charge in [0.1, 0.15) is 0 Å². The molecule has 102 valence electrons. The smallest absolute Gasteiger partial charge is 0.261 e. The number of carbonyl (C=O) groups excluding carboxylic acids is 1. The molecule has 0 bridgehead atoms. The molecular formula is C15H18BrNOS. The van der Waals surface area contributed by atoms with E-state index in [0.29, 0.717) is 0 Å². The van der Waals surface area contributed by atoms with Crippen LogP contribution in [-0.2, 0) is 0 Å². The lowest BCUT2D eigenvalue weighted by Gasteiger charge is -2.30. The Bertz CT molecular complexity index is 533. The number of amides is 1. The maximum Gasteiger partial charge on any atom is 0.261 e. The summed E-state index contributed by atoms with van der Waals surface area (Å²) in [4.78, 5) is 13.2. The molecule has 1 heterocycles. The monoisotopic (exact) mass is 339 g/mol. The Labute approximate surface area is 126 Å². The van der Waals surface area contributed by atoms with Gasteiger partial charge in [-0.25, -0.2) is 0 Å². The second-order valence-corrected chi connectivity index (χ2v) is 6.37. The third-order valence-corrected chi connectivity index (χ3v) is 5.83. The van der Waals surface area contributed by atoms with Gasteiger partial charge in [0, 0.05) is 15.6 Å². The molecule has 1 aromatic carbocycles. The predicted molar refractivity (Wildman–Crippen MR) is 86.4 cm³/mol. The number of thiophene rings is 1. The summed E-state index contributed by atoms with van der Waals surface area (Å²) in [6, 6.07) is 10.1. The van der Waals surface area contributed by atoms with E-state index in [9.17, 15) is 4.79 Å². The van der Waals surface area contributed by atoms with Crippen molar-refractivity contribution in [1.82, 2.24) is 5.32 Å². The van der Waals surface area contributed by atoms with Crippen LogP contribution in [0.2, 0.25) is 0 Å². The van der Waals surface area contributed by atoms with Crippen LogP contribution in [0.4, 0.5) is 0 Å². The minimum absolute atomic E-state index is 0.0318. The number of hydrogen-bond donors (Lipinski definition) is 1. The molecule has 2 nitrogen and oxygen atoms in total. The Kier molecular flexibility index (Phi) is 4.63. The minimum Gasteiger partial charge on any atom is -0.345 e. The number of nitrogens with one attached hydrogen (secondary N) is 1. The van der Waals surface area contributed by atoms with Crippen LogP contribution >= 0.6 is 27.3 Å². The van der Waals surface area contributed by atoms with Gasteiger partial charge in [-0.15, -0.1) is 11.3 Å². The maximum atomic E-state index is 12.4. The molecule has 0 aliphatic rings. The van der Waals surface area contributed by atoms with Gasteiger partial charge in [-0.3, -0.25) is 4.79 Å². The second-order valence-electron chi connectivity index (χ2n) is 4.72. The fourth-order valence-corrected chi connectivity index (χ4v) is 3.94. The molecule has 1 amide bonds. The van der Waals surface area contributed by atoms with E-state index in [0.717, 1.165) is 33.1 Å². The number of fused-ring (bicyclic) bond motifs is 1. The third kappa shape index (κ3) is 3.00. The molecule has 1 N–H and O–H groups in total. The average Bonchev–Trinajstić information content (AvgIpc) is 2.89. The minimum atomic E-state index is -0.146. The Balaban J connectivity index is 2.24. The molecule has 0 aliphatic heterocycles.